The quantitative estimate of drug-likeness (QED) is 0.677. The van der Waals surface area contributed by atoms with Crippen molar-refractivity contribution in [3.05, 3.63) is 71.9 Å². The highest BCUT2D eigenvalue weighted by molar-refractivity contribution is 5.93. The number of morpholine rings is 1. The molecule has 1 fully saturated rings. The summed E-state index contributed by atoms with van der Waals surface area (Å²) in [5.41, 5.74) is 2.91. The van der Waals surface area contributed by atoms with Gasteiger partial charge in [-0.25, -0.2) is 0 Å². The number of hydrogen-bond donors (Lipinski definition) is 2. The summed E-state index contributed by atoms with van der Waals surface area (Å²) >= 11 is 0. The van der Waals surface area contributed by atoms with Crippen molar-refractivity contribution in [3.8, 4) is 17.0 Å². The van der Waals surface area contributed by atoms with Gasteiger partial charge in [-0.3, -0.25) is 9.89 Å². The molecule has 0 unspecified atom stereocenters. The number of benzene rings is 2. The van der Waals surface area contributed by atoms with Crippen LogP contribution in [0, 0.1) is 5.41 Å². The number of phenols is 1. The Kier molecular flexibility index (Phi) is 5.35. The molecule has 4 rings (SSSR count). The Morgan fingerprint density at radius 3 is 2.47 bits per heavy atom. The van der Waals surface area contributed by atoms with Gasteiger partial charge in [0.25, 0.3) is 5.91 Å². The van der Waals surface area contributed by atoms with E-state index in [1.165, 1.54) is 0 Å². The van der Waals surface area contributed by atoms with Crippen molar-refractivity contribution < 1.29 is 14.6 Å². The van der Waals surface area contributed by atoms with E-state index in [1.54, 1.807) is 30.3 Å². The van der Waals surface area contributed by atoms with Gasteiger partial charge in [-0.15, -0.1) is 0 Å². The molecule has 2 atom stereocenters. The molecule has 0 radical (unpaired) electrons. The van der Waals surface area contributed by atoms with E-state index in [2.05, 4.69) is 31.0 Å². The van der Waals surface area contributed by atoms with Gasteiger partial charge in [0.2, 0.25) is 0 Å². The van der Waals surface area contributed by atoms with Gasteiger partial charge in [-0.1, -0.05) is 51.1 Å². The molecule has 0 saturated carbocycles. The van der Waals surface area contributed by atoms with Gasteiger partial charge in [0.15, 0.2) is 0 Å². The van der Waals surface area contributed by atoms with E-state index in [0.29, 0.717) is 24.5 Å². The zero-order valence-electron chi connectivity index (χ0n) is 17.5. The molecule has 1 aliphatic heterocycles. The second-order valence-electron chi connectivity index (χ2n) is 8.81. The first-order valence-electron chi connectivity index (χ1n) is 10.2. The highest BCUT2D eigenvalue weighted by atomic mass is 16.5. The fourth-order valence-electron chi connectivity index (χ4n) is 3.64. The molecule has 3 aromatic rings. The first kappa shape index (κ1) is 20.2. The standard InChI is InChI=1S/C24H27N3O3/c1-24(2,3)22-15-27(14-21(30-22)17-7-5-4-6-8-17)23(29)20-13-19(25-26-20)16-9-11-18(28)12-10-16/h4-13,21-22,28H,14-15H2,1-3H3,(H,25,26)/t21-,22+/m0/s1. The van der Waals surface area contributed by atoms with Gasteiger partial charge in [0.05, 0.1) is 18.3 Å². The van der Waals surface area contributed by atoms with E-state index in [-0.39, 0.29) is 29.3 Å². The van der Waals surface area contributed by atoms with Crippen molar-refractivity contribution in [3.63, 3.8) is 0 Å². The van der Waals surface area contributed by atoms with E-state index >= 15 is 0 Å². The lowest BCUT2D eigenvalue weighted by Gasteiger charge is -2.43. The summed E-state index contributed by atoms with van der Waals surface area (Å²) in [6, 6.07) is 18.5. The number of carbonyl (C=O) groups excluding carboxylic acids is 1. The molecule has 2 heterocycles. The van der Waals surface area contributed by atoms with E-state index in [9.17, 15) is 9.90 Å². The third-order valence-electron chi connectivity index (χ3n) is 5.50. The van der Waals surface area contributed by atoms with Crippen LogP contribution < -0.4 is 0 Å². The normalized spacial score (nSPS) is 19.6. The lowest BCUT2D eigenvalue weighted by Crippen LogP contribution is -2.51. The second kappa shape index (κ2) is 7.95. The number of nitrogens with one attached hydrogen (secondary N) is 1. The van der Waals surface area contributed by atoms with E-state index in [0.717, 1.165) is 11.1 Å². The predicted octanol–water partition coefficient (Wildman–Crippen LogP) is 4.41. The number of carbonyl (C=O) groups is 1. The Morgan fingerprint density at radius 2 is 1.80 bits per heavy atom. The van der Waals surface area contributed by atoms with Crippen LogP contribution in [0.5, 0.6) is 5.75 Å². The number of amides is 1. The van der Waals surface area contributed by atoms with Crippen LogP contribution in [0.15, 0.2) is 60.7 Å². The summed E-state index contributed by atoms with van der Waals surface area (Å²) in [5.74, 6) is 0.102. The minimum atomic E-state index is -0.174. The first-order chi connectivity index (χ1) is 14.3. The Labute approximate surface area is 176 Å². The summed E-state index contributed by atoms with van der Waals surface area (Å²) < 4.78 is 6.40. The molecule has 0 aliphatic carbocycles. The zero-order valence-corrected chi connectivity index (χ0v) is 17.5. The van der Waals surface area contributed by atoms with Gasteiger partial charge < -0.3 is 14.7 Å². The fourth-order valence-corrected chi connectivity index (χ4v) is 3.64. The number of rotatable bonds is 3. The first-order valence-corrected chi connectivity index (χ1v) is 10.2. The molecular formula is C24H27N3O3. The Morgan fingerprint density at radius 1 is 1.10 bits per heavy atom. The molecule has 156 valence electrons. The molecule has 2 aromatic carbocycles. The average molecular weight is 405 g/mol. The van der Waals surface area contributed by atoms with Crippen LogP contribution in [0.1, 0.15) is 42.9 Å². The molecule has 0 spiro atoms. The number of aromatic nitrogens is 2. The number of hydrogen-bond acceptors (Lipinski definition) is 4. The van der Waals surface area contributed by atoms with Crippen LogP contribution >= 0.6 is 0 Å². The summed E-state index contributed by atoms with van der Waals surface area (Å²) in [6.07, 6.45) is -0.257. The summed E-state index contributed by atoms with van der Waals surface area (Å²) in [7, 11) is 0. The number of nitrogens with zero attached hydrogens (tertiary/aromatic N) is 2. The van der Waals surface area contributed by atoms with Crippen LogP contribution in [-0.2, 0) is 4.74 Å². The Bertz CT molecular complexity index is 1010. The van der Waals surface area contributed by atoms with Crippen LogP contribution in [0.25, 0.3) is 11.3 Å². The van der Waals surface area contributed by atoms with Crippen molar-refractivity contribution >= 4 is 5.91 Å². The number of H-pyrrole nitrogens is 1. The number of ether oxygens (including phenoxy) is 1. The second-order valence-corrected chi connectivity index (χ2v) is 8.81. The predicted molar refractivity (Wildman–Crippen MR) is 115 cm³/mol. The molecule has 1 amide bonds. The van der Waals surface area contributed by atoms with Crippen LogP contribution in [0.4, 0.5) is 0 Å². The maximum Gasteiger partial charge on any atom is 0.272 e. The average Bonchev–Trinajstić information content (AvgIpc) is 3.23. The van der Waals surface area contributed by atoms with Gasteiger partial charge in [-0.2, -0.15) is 5.10 Å². The van der Waals surface area contributed by atoms with Crippen LogP contribution in [0.2, 0.25) is 0 Å². The lowest BCUT2D eigenvalue weighted by molar-refractivity contribution is -0.119. The Hall–Kier alpha value is -3.12. The molecule has 6 heteroatoms. The monoisotopic (exact) mass is 405 g/mol. The smallest absolute Gasteiger partial charge is 0.272 e. The van der Waals surface area contributed by atoms with Crippen molar-refractivity contribution in [2.75, 3.05) is 13.1 Å². The maximum atomic E-state index is 13.3. The molecule has 2 N–H and O–H groups in total. The van der Waals surface area contributed by atoms with Crippen molar-refractivity contribution in [2.45, 2.75) is 33.0 Å². The number of phenolic OH excluding ortho intramolecular Hbond substituents is 1. The molecule has 1 aromatic heterocycles. The molecule has 1 saturated heterocycles. The molecule has 6 nitrogen and oxygen atoms in total. The summed E-state index contributed by atoms with van der Waals surface area (Å²) in [6.45, 7) is 7.41. The number of aromatic hydroxyl groups is 1. The van der Waals surface area contributed by atoms with Crippen LogP contribution in [-0.4, -0.2) is 45.3 Å². The molecule has 0 bridgehead atoms. The third-order valence-corrected chi connectivity index (χ3v) is 5.50. The molecule has 30 heavy (non-hydrogen) atoms. The van der Waals surface area contributed by atoms with Crippen LogP contribution in [0.3, 0.4) is 0 Å². The highest BCUT2D eigenvalue weighted by Crippen LogP contribution is 2.34. The highest BCUT2D eigenvalue weighted by Gasteiger charge is 2.38. The van der Waals surface area contributed by atoms with E-state index in [4.69, 9.17) is 4.74 Å². The lowest BCUT2D eigenvalue weighted by atomic mass is 9.87. The van der Waals surface area contributed by atoms with E-state index in [1.807, 2.05) is 35.2 Å². The molecular weight excluding hydrogens is 378 g/mol. The third kappa shape index (κ3) is 4.24. The van der Waals surface area contributed by atoms with Gasteiger partial charge in [0.1, 0.15) is 17.5 Å². The van der Waals surface area contributed by atoms with Gasteiger partial charge >= 0.3 is 0 Å². The van der Waals surface area contributed by atoms with E-state index < -0.39 is 0 Å². The van der Waals surface area contributed by atoms with Crippen molar-refractivity contribution in [2.24, 2.45) is 5.41 Å². The SMILES string of the molecule is CC(C)(C)[C@H]1CN(C(=O)c2cc(-c3ccc(O)cc3)n[nH]2)C[C@@H](c2ccccc2)O1. The van der Waals surface area contributed by atoms with Gasteiger partial charge in [0, 0.05) is 12.1 Å². The minimum Gasteiger partial charge on any atom is -0.508 e. The zero-order chi connectivity index (χ0) is 21.3. The van der Waals surface area contributed by atoms with Gasteiger partial charge in [-0.05, 0) is 41.3 Å². The largest absolute Gasteiger partial charge is 0.508 e. The number of aromatic amines is 1. The van der Waals surface area contributed by atoms with Crippen molar-refractivity contribution in [1.82, 2.24) is 15.1 Å². The summed E-state index contributed by atoms with van der Waals surface area (Å²) in [5, 5.41) is 16.6. The Balaban J connectivity index is 1.58. The fraction of sp³-hybridized carbons (Fsp3) is 0.333. The summed E-state index contributed by atoms with van der Waals surface area (Å²) in [4.78, 5) is 15.2. The minimum absolute atomic E-state index is 0.0834. The maximum absolute atomic E-state index is 13.3. The van der Waals surface area contributed by atoms with Crippen molar-refractivity contribution in [1.29, 1.82) is 0 Å². The molecule has 1 aliphatic rings. The topological polar surface area (TPSA) is 78.5 Å².